The average molecular weight is 1470 g/mol. The largest absolute Gasteiger partial charge is 1.00 e. The van der Waals surface area contributed by atoms with Crippen molar-refractivity contribution >= 4 is 76.1 Å². The Labute approximate surface area is 583 Å². The Morgan fingerprint density at radius 1 is 0.505 bits per heavy atom. The van der Waals surface area contributed by atoms with E-state index in [4.69, 9.17) is 23.8 Å². The van der Waals surface area contributed by atoms with Gasteiger partial charge in [0, 0.05) is 92.7 Å². The zero-order valence-corrected chi connectivity index (χ0v) is 57.8. The number of rotatable bonds is 19. The van der Waals surface area contributed by atoms with E-state index in [1.54, 1.807) is 24.3 Å². The molecule has 0 atom stereocenters. The minimum Gasteiger partial charge on any atom is -0.487 e. The van der Waals surface area contributed by atoms with Crippen molar-refractivity contribution in [3.8, 4) is 39.5 Å². The number of carbonyl (C=O) groups is 1. The Balaban J connectivity index is 0.000000216. The minimum absolute atomic E-state index is 0. The summed E-state index contributed by atoms with van der Waals surface area (Å²) in [5.41, 5.74) is 5.23. The number of anilines is 4. The van der Waals surface area contributed by atoms with Crippen LogP contribution in [0.15, 0.2) is 115 Å². The summed E-state index contributed by atoms with van der Waals surface area (Å²) < 4.78 is 103. The first-order chi connectivity index (χ1) is 44.2. The standard InChI is InChI=1S/C24H25F2N5O2.C23H23F2N4O.C18H20BrF2N3O.CO2.HI.Na/c1-2-16-11-28-24(29-12-16)31-7-5-17(6-8-31)14-33-23-20(25)9-19(10-21(23)26)18-3-4-22(27-13-18)30-15-32;1-2-16-12-27-23(28-13-16)29-8-5-17(6-9-29)15-30-22-20(24)10-19(11-21(22)25)18-4-3-7-26-14-18;1-2-12-9-22-18(23-10-12)24-5-3-13(4-6-24)11-25-17-15(20)7-14(19)8-16(17)21;2-1-3;;/h3-4,9-13,15,17H,2,5-8,14H2,1H3,(H,27,30,32);3-4,10-14,17H,2,5-6,8-9,15H2,1H3;7-10,13H,2-6,11H2,1H3;;1H;/q;-1;;;;+1. The molecule has 0 saturated carbocycles. The number of ether oxygens (including phenoxy) is 3. The first kappa shape index (κ1) is 74.7. The number of aromatic nitrogens is 8. The number of hydrogen-bond acceptors (Lipinski definition) is 17. The van der Waals surface area contributed by atoms with Gasteiger partial charge in [-0.15, -0.1) is 29.5 Å². The van der Waals surface area contributed by atoms with Crippen molar-refractivity contribution in [2.45, 2.75) is 78.6 Å². The molecule has 3 fully saturated rings. The first-order valence-electron chi connectivity index (χ1n) is 29.9. The summed E-state index contributed by atoms with van der Waals surface area (Å²) in [5, 5.41) is 2.41. The predicted molar refractivity (Wildman–Crippen MR) is 348 cm³/mol. The molecule has 1 N–H and O–H groups in total. The maximum atomic E-state index is 14.6. The number of benzene rings is 3. The molecule has 27 heteroatoms. The molecule has 3 aromatic carbocycles. The van der Waals surface area contributed by atoms with E-state index in [1.165, 1.54) is 48.8 Å². The molecule has 5 aromatic heterocycles. The summed E-state index contributed by atoms with van der Waals surface area (Å²) in [7, 11) is 0. The van der Waals surface area contributed by atoms with Crippen molar-refractivity contribution < 1.29 is 84.5 Å². The van der Waals surface area contributed by atoms with Crippen LogP contribution in [-0.4, -0.2) is 112 Å². The van der Waals surface area contributed by atoms with Crippen molar-refractivity contribution in [2.24, 2.45) is 17.8 Å². The fourth-order valence-corrected chi connectivity index (χ4v) is 10.6. The van der Waals surface area contributed by atoms with E-state index >= 15 is 0 Å². The third-order valence-electron chi connectivity index (χ3n) is 15.6. The molecule has 0 spiro atoms. The number of piperidine rings is 3. The first-order valence-corrected chi connectivity index (χ1v) is 30.7. The molecule has 1 amide bonds. The van der Waals surface area contributed by atoms with Crippen LogP contribution in [0.4, 0.5) is 50.0 Å². The molecule has 3 aliphatic rings. The molecule has 0 bridgehead atoms. The van der Waals surface area contributed by atoms with Crippen LogP contribution in [-0.2, 0) is 33.6 Å². The van der Waals surface area contributed by atoms with Gasteiger partial charge in [-0.05, 0) is 152 Å². The van der Waals surface area contributed by atoms with Crippen LogP contribution < -0.4 is 63.8 Å². The van der Waals surface area contributed by atoms with E-state index in [1.807, 2.05) is 37.2 Å². The maximum Gasteiger partial charge on any atom is 1.00 e. The number of halogens is 8. The number of amides is 1. The third kappa shape index (κ3) is 21.9. The van der Waals surface area contributed by atoms with Gasteiger partial charge in [0.2, 0.25) is 24.3 Å². The van der Waals surface area contributed by atoms with Crippen LogP contribution in [0.5, 0.6) is 17.2 Å². The van der Waals surface area contributed by atoms with Crippen LogP contribution in [0.25, 0.3) is 22.3 Å². The summed E-state index contributed by atoms with van der Waals surface area (Å²) in [5.74, 6) is -2.10. The summed E-state index contributed by atoms with van der Waals surface area (Å²) in [4.78, 5) is 67.5. The fourth-order valence-electron chi connectivity index (χ4n) is 10.2. The topological polar surface area (TPSA) is 204 Å². The molecule has 0 unspecified atom stereocenters. The second-order valence-electron chi connectivity index (χ2n) is 21.6. The van der Waals surface area contributed by atoms with Crippen molar-refractivity contribution in [2.75, 3.05) is 79.1 Å². The van der Waals surface area contributed by atoms with Crippen LogP contribution in [0, 0.1) is 58.9 Å². The van der Waals surface area contributed by atoms with E-state index in [0.717, 1.165) is 126 Å². The maximum absolute atomic E-state index is 14.6. The van der Waals surface area contributed by atoms with Gasteiger partial charge in [0.25, 0.3) is 0 Å². The Kier molecular flexibility index (Phi) is 30.6. The van der Waals surface area contributed by atoms with Crippen molar-refractivity contribution in [1.82, 2.24) is 39.9 Å². The Bertz CT molecular complexity index is 3570. The number of carbonyl (C=O) groups excluding carboxylic acids is 3. The summed E-state index contributed by atoms with van der Waals surface area (Å²) in [6, 6.07) is 13.9. The van der Waals surface area contributed by atoms with Gasteiger partial charge in [-0.2, -0.15) is 21.7 Å². The molecule has 18 nitrogen and oxygen atoms in total. The number of nitrogens with zero attached hydrogens (tertiary/aromatic N) is 11. The van der Waals surface area contributed by atoms with Gasteiger partial charge < -0.3 is 39.2 Å². The van der Waals surface area contributed by atoms with Gasteiger partial charge in [0.05, 0.1) is 19.8 Å². The summed E-state index contributed by atoms with van der Waals surface area (Å²) in [6.45, 7) is 11.8. The van der Waals surface area contributed by atoms with Gasteiger partial charge in [-0.25, -0.2) is 61.2 Å². The van der Waals surface area contributed by atoms with Gasteiger partial charge in [0.15, 0.2) is 52.2 Å². The second kappa shape index (κ2) is 38.1. The molecular weight excluding hydrogens is 1400 g/mol. The quantitative estimate of drug-likeness (QED) is 0.0263. The van der Waals surface area contributed by atoms with Gasteiger partial charge in [0.1, 0.15) is 5.82 Å². The normalized spacial score (nSPS) is 14.0. The molecule has 8 heterocycles. The van der Waals surface area contributed by atoms with Crippen molar-refractivity contribution in [3.05, 3.63) is 173 Å². The number of hydrogen-bond donors (Lipinski definition) is 1. The molecular formula is C66H69BrF6IN12NaO6. The average Bonchev–Trinajstić information content (AvgIpc) is 1.24. The second-order valence-corrected chi connectivity index (χ2v) is 22.6. The Morgan fingerprint density at radius 3 is 1.11 bits per heavy atom. The van der Waals surface area contributed by atoms with E-state index < -0.39 is 34.9 Å². The molecule has 11 rings (SSSR count). The molecule has 93 heavy (non-hydrogen) atoms. The van der Waals surface area contributed by atoms with Gasteiger partial charge >= 0.3 is 35.7 Å². The zero-order valence-electron chi connectivity index (χ0n) is 51.9. The Morgan fingerprint density at radius 2 is 0.828 bits per heavy atom. The molecule has 3 saturated heterocycles. The summed E-state index contributed by atoms with van der Waals surface area (Å²) >= 11 is 3.06. The molecule has 0 radical (unpaired) electrons. The van der Waals surface area contributed by atoms with Crippen molar-refractivity contribution in [1.29, 1.82) is 0 Å². The van der Waals surface area contributed by atoms with E-state index in [0.29, 0.717) is 51.5 Å². The van der Waals surface area contributed by atoms with Crippen LogP contribution in [0.1, 0.15) is 76.0 Å². The SMILES string of the molecule is CCc1cnc(N2CCC(COc3c(F)cc(-c4cc[c-]nc4)cc3F)CC2)nc1.CCc1cnc(N2CCC(COc3c(F)cc(-c4ccc(NC=O)nc4)cc3F)CC2)nc1.CCc1cnc(N2CCC(COc3c(F)cc(Br)cc3F)CC2)nc1.I.O=C=O.[Na+]. The van der Waals surface area contributed by atoms with Gasteiger partial charge in [-0.1, -0.05) is 49.1 Å². The monoisotopic (exact) mass is 1470 g/mol. The van der Waals surface area contributed by atoms with Crippen LogP contribution in [0.3, 0.4) is 0 Å². The molecule has 0 aliphatic carbocycles. The van der Waals surface area contributed by atoms with Crippen LogP contribution >= 0.6 is 39.9 Å². The predicted octanol–water partition coefficient (Wildman–Crippen LogP) is 10.1. The smallest absolute Gasteiger partial charge is 0.487 e. The fraction of sp³-hybridized carbons (Fsp3) is 0.364. The third-order valence-corrected chi connectivity index (χ3v) is 16.1. The summed E-state index contributed by atoms with van der Waals surface area (Å²) in [6.07, 6.45) is 25.3. The van der Waals surface area contributed by atoms with Gasteiger partial charge in [-0.3, -0.25) is 4.79 Å². The van der Waals surface area contributed by atoms with Crippen molar-refractivity contribution in [3.63, 3.8) is 0 Å². The van der Waals surface area contributed by atoms with E-state index in [-0.39, 0.29) is 108 Å². The van der Waals surface area contributed by atoms with E-state index in [2.05, 4.69) is 103 Å². The molecule has 3 aliphatic heterocycles. The Hall–Kier alpha value is -7.36. The minimum atomic E-state index is -0.762. The zero-order chi connectivity index (χ0) is 64.7. The number of pyridine rings is 2. The molecule has 486 valence electrons. The van der Waals surface area contributed by atoms with Crippen LogP contribution in [0.2, 0.25) is 0 Å². The number of nitrogens with one attached hydrogen (secondary N) is 1. The number of aryl methyl sites for hydroxylation is 3. The van der Waals surface area contributed by atoms with E-state index in [9.17, 15) is 31.1 Å². The molecule has 8 aromatic rings.